The summed E-state index contributed by atoms with van der Waals surface area (Å²) in [4.78, 5) is 0. The van der Waals surface area contributed by atoms with E-state index in [0.717, 1.165) is 0 Å². The summed E-state index contributed by atoms with van der Waals surface area (Å²) < 4.78 is 25.1. The van der Waals surface area contributed by atoms with Gasteiger partial charge in [0, 0.05) is 5.92 Å². The summed E-state index contributed by atoms with van der Waals surface area (Å²) in [5.41, 5.74) is 5.02. The van der Waals surface area contributed by atoms with E-state index in [2.05, 4.69) is 0 Å². The highest BCUT2D eigenvalue weighted by Gasteiger charge is 2.37. The van der Waals surface area contributed by atoms with E-state index in [1.807, 2.05) is 0 Å². The molecule has 0 aromatic carbocycles. The van der Waals surface area contributed by atoms with Gasteiger partial charge in [0.2, 0.25) is 0 Å². The van der Waals surface area contributed by atoms with Gasteiger partial charge in [0.1, 0.15) is 0 Å². The summed E-state index contributed by atoms with van der Waals surface area (Å²) >= 11 is 0. The lowest BCUT2D eigenvalue weighted by molar-refractivity contribution is -0.0627. The predicted octanol–water partition coefficient (Wildman–Crippen LogP) is 1.62. The molecule has 9 heavy (non-hydrogen) atoms. The van der Waals surface area contributed by atoms with Gasteiger partial charge in [-0.25, -0.2) is 8.78 Å². The normalized spacial score (nSPS) is 16.3. The van der Waals surface area contributed by atoms with Crippen LogP contribution in [0.1, 0.15) is 20.8 Å². The van der Waals surface area contributed by atoms with Crippen molar-refractivity contribution < 1.29 is 8.78 Å². The quantitative estimate of drug-likeness (QED) is 0.615. The van der Waals surface area contributed by atoms with Crippen molar-refractivity contribution in [2.24, 2.45) is 11.7 Å². The standard InChI is InChI=1S/C6H13F2N/c1-4(2)6(7,8)5(3)9/h4-5H,9H2,1-3H3/t5-/m0/s1. The molecule has 0 aromatic heterocycles. The fraction of sp³-hybridized carbons (Fsp3) is 1.00. The predicted molar refractivity (Wildman–Crippen MR) is 33.4 cm³/mol. The van der Waals surface area contributed by atoms with Crippen molar-refractivity contribution in [1.82, 2.24) is 0 Å². The largest absolute Gasteiger partial charge is 0.323 e. The molecule has 0 saturated heterocycles. The lowest BCUT2D eigenvalue weighted by Crippen LogP contribution is -2.42. The van der Waals surface area contributed by atoms with Crippen LogP contribution in [-0.2, 0) is 0 Å². The lowest BCUT2D eigenvalue weighted by Gasteiger charge is -2.23. The van der Waals surface area contributed by atoms with E-state index in [9.17, 15) is 8.78 Å². The Labute approximate surface area is 54.2 Å². The van der Waals surface area contributed by atoms with Crippen LogP contribution >= 0.6 is 0 Å². The average Bonchev–Trinajstić information content (AvgIpc) is 1.65. The van der Waals surface area contributed by atoms with Crippen LogP contribution in [0.15, 0.2) is 0 Å². The van der Waals surface area contributed by atoms with Gasteiger partial charge in [0.05, 0.1) is 6.04 Å². The van der Waals surface area contributed by atoms with Crippen molar-refractivity contribution in [2.75, 3.05) is 0 Å². The van der Waals surface area contributed by atoms with Crippen LogP contribution in [0.4, 0.5) is 8.78 Å². The maximum atomic E-state index is 12.5. The molecule has 0 radical (unpaired) electrons. The highest BCUT2D eigenvalue weighted by Crippen LogP contribution is 2.26. The van der Waals surface area contributed by atoms with Crippen molar-refractivity contribution in [3.05, 3.63) is 0 Å². The Morgan fingerprint density at radius 1 is 1.22 bits per heavy atom. The van der Waals surface area contributed by atoms with Crippen LogP contribution in [0.25, 0.3) is 0 Å². The fourth-order valence-corrected chi connectivity index (χ4v) is 0.526. The topological polar surface area (TPSA) is 26.0 Å². The number of hydrogen-bond acceptors (Lipinski definition) is 1. The SMILES string of the molecule is CC(C)C(F)(F)[C@H](C)N. The van der Waals surface area contributed by atoms with Crippen LogP contribution in [0.3, 0.4) is 0 Å². The van der Waals surface area contributed by atoms with Crippen molar-refractivity contribution in [1.29, 1.82) is 0 Å². The molecule has 0 heterocycles. The second kappa shape index (κ2) is 2.60. The monoisotopic (exact) mass is 137 g/mol. The van der Waals surface area contributed by atoms with E-state index >= 15 is 0 Å². The molecule has 0 bridgehead atoms. The summed E-state index contributed by atoms with van der Waals surface area (Å²) in [6.45, 7) is 4.24. The van der Waals surface area contributed by atoms with Gasteiger partial charge in [0.25, 0.3) is 5.92 Å². The molecule has 0 aliphatic carbocycles. The zero-order valence-electron chi connectivity index (χ0n) is 5.99. The molecule has 0 saturated carbocycles. The summed E-state index contributed by atoms with van der Waals surface area (Å²) in [6, 6.07) is -1.04. The van der Waals surface area contributed by atoms with E-state index < -0.39 is 17.9 Å². The maximum Gasteiger partial charge on any atom is 0.264 e. The minimum atomic E-state index is -2.72. The number of rotatable bonds is 2. The minimum absolute atomic E-state index is 0.669. The van der Waals surface area contributed by atoms with E-state index in [4.69, 9.17) is 5.73 Å². The molecule has 0 fully saturated rings. The second-order valence-electron chi connectivity index (χ2n) is 2.62. The van der Waals surface area contributed by atoms with Gasteiger partial charge in [-0.1, -0.05) is 13.8 Å². The molecule has 1 nitrogen and oxygen atoms in total. The summed E-state index contributed by atoms with van der Waals surface area (Å²) in [5.74, 6) is -3.39. The minimum Gasteiger partial charge on any atom is -0.323 e. The molecular formula is C6H13F2N. The summed E-state index contributed by atoms with van der Waals surface area (Å²) in [5, 5.41) is 0. The first-order valence-corrected chi connectivity index (χ1v) is 3.02. The van der Waals surface area contributed by atoms with Gasteiger partial charge < -0.3 is 5.73 Å². The zero-order chi connectivity index (χ0) is 7.65. The van der Waals surface area contributed by atoms with Gasteiger partial charge >= 0.3 is 0 Å². The first kappa shape index (κ1) is 8.82. The summed E-state index contributed by atoms with van der Waals surface area (Å²) in [7, 11) is 0. The van der Waals surface area contributed by atoms with Gasteiger partial charge in [-0.05, 0) is 6.92 Å². The van der Waals surface area contributed by atoms with Crippen LogP contribution < -0.4 is 5.73 Å². The maximum absolute atomic E-state index is 12.5. The van der Waals surface area contributed by atoms with Gasteiger partial charge in [-0.15, -0.1) is 0 Å². The number of hydrogen-bond donors (Lipinski definition) is 1. The molecule has 0 aliphatic heterocycles. The third-order valence-corrected chi connectivity index (χ3v) is 1.38. The first-order valence-electron chi connectivity index (χ1n) is 3.02. The molecule has 0 aromatic rings. The lowest BCUT2D eigenvalue weighted by atomic mass is 10.0. The molecule has 0 unspecified atom stereocenters. The smallest absolute Gasteiger partial charge is 0.264 e. The van der Waals surface area contributed by atoms with Crippen molar-refractivity contribution >= 4 is 0 Å². The fourth-order valence-electron chi connectivity index (χ4n) is 0.526. The van der Waals surface area contributed by atoms with Crippen LogP contribution in [-0.4, -0.2) is 12.0 Å². The third-order valence-electron chi connectivity index (χ3n) is 1.38. The number of halogens is 2. The Morgan fingerprint density at radius 3 is 1.56 bits per heavy atom. The van der Waals surface area contributed by atoms with Crippen molar-refractivity contribution in [2.45, 2.75) is 32.7 Å². The molecule has 0 spiro atoms. The first-order chi connectivity index (χ1) is 3.89. The highest BCUT2D eigenvalue weighted by molar-refractivity contribution is 4.78. The zero-order valence-corrected chi connectivity index (χ0v) is 5.99. The van der Waals surface area contributed by atoms with E-state index in [-0.39, 0.29) is 0 Å². The Hall–Kier alpha value is -0.180. The van der Waals surface area contributed by atoms with Gasteiger partial charge in [-0.2, -0.15) is 0 Å². The Kier molecular flexibility index (Phi) is 2.55. The average molecular weight is 137 g/mol. The molecule has 0 aliphatic rings. The molecule has 1 atom stereocenters. The van der Waals surface area contributed by atoms with E-state index in [0.29, 0.717) is 0 Å². The molecule has 3 heteroatoms. The third kappa shape index (κ3) is 1.90. The van der Waals surface area contributed by atoms with Crippen LogP contribution in [0.2, 0.25) is 0 Å². The Bertz CT molecular complexity index is 79.1. The van der Waals surface area contributed by atoms with Crippen LogP contribution in [0.5, 0.6) is 0 Å². The Balaban J connectivity index is 4.01. The van der Waals surface area contributed by atoms with E-state index in [1.165, 1.54) is 20.8 Å². The van der Waals surface area contributed by atoms with Crippen molar-refractivity contribution in [3.63, 3.8) is 0 Å². The molecule has 56 valence electrons. The van der Waals surface area contributed by atoms with E-state index in [1.54, 1.807) is 0 Å². The van der Waals surface area contributed by atoms with Crippen molar-refractivity contribution in [3.8, 4) is 0 Å². The Morgan fingerprint density at radius 2 is 1.56 bits per heavy atom. The van der Waals surface area contributed by atoms with Gasteiger partial charge in [-0.3, -0.25) is 0 Å². The van der Waals surface area contributed by atoms with Gasteiger partial charge in [0.15, 0.2) is 0 Å². The summed E-state index contributed by atoms with van der Waals surface area (Å²) in [6.07, 6.45) is 0. The number of alkyl halides is 2. The molecular weight excluding hydrogens is 124 g/mol. The van der Waals surface area contributed by atoms with Crippen LogP contribution in [0, 0.1) is 5.92 Å². The molecule has 0 amide bonds. The number of nitrogens with two attached hydrogens (primary N) is 1. The second-order valence-corrected chi connectivity index (χ2v) is 2.62. The molecule has 0 rings (SSSR count). The highest BCUT2D eigenvalue weighted by atomic mass is 19.3. The molecule has 2 N–H and O–H groups in total.